The van der Waals surface area contributed by atoms with Gasteiger partial charge in [-0.05, 0) is 29.8 Å². The SMILES string of the molecule is O=C(NCCn1ncc2c(=O)n(Cc3ccc(Cl)cc3)cnc21)c1ccccc1C(F)(F)F. The summed E-state index contributed by atoms with van der Waals surface area (Å²) >= 11 is 5.88. The summed E-state index contributed by atoms with van der Waals surface area (Å²) in [6.45, 7) is 0.424. The van der Waals surface area contributed by atoms with E-state index in [1.54, 1.807) is 12.1 Å². The van der Waals surface area contributed by atoms with Gasteiger partial charge in [-0.25, -0.2) is 9.67 Å². The summed E-state index contributed by atoms with van der Waals surface area (Å²) in [6.07, 6.45) is -1.86. The Labute approximate surface area is 190 Å². The zero-order valence-corrected chi connectivity index (χ0v) is 17.8. The first-order chi connectivity index (χ1) is 15.7. The fraction of sp³-hybridized carbons (Fsp3) is 0.182. The van der Waals surface area contributed by atoms with Crippen molar-refractivity contribution in [1.82, 2.24) is 24.6 Å². The lowest BCUT2D eigenvalue weighted by Gasteiger charge is -2.12. The van der Waals surface area contributed by atoms with Crippen LogP contribution in [-0.2, 0) is 19.3 Å². The highest BCUT2D eigenvalue weighted by atomic mass is 35.5. The van der Waals surface area contributed by atoms with Crippen LogP contribution in [0.25, 0.3) is 11.0 Å². The van der Waals surface area contributed by atoms with Gasteiger partial charge in [-0.1, -0.05) is 35.9 Å². The minimum atomic E-state index is -4.64. The molecule has 33 heavy (non-hydrogen) atoms. The number of carbonyl (C=O) groups excluding carboxylic acids is 1. The van der Waals surface area contributed by atoms with Crippen molar-refractivity contribution in [2.24, 2.45) is 0 Å². The summed E-state index contributed by atoms with van der Waals surface area (Å²) in [5.41, 5.74) is -0.563. The highest BCUT2D eigenvalue weighted by molar-refractivity contribution is 6.30. The third-order valence-electron chi connectivity index (χ3n) is 4.97. The van der Waals surface area contributed by atoms with Crippen LogP contribution in [0.15, 0.2) is 65.8 Å². The van der Waals surface area contributed by atoms with Crippen LogP contribution in [0.2, 0.25) is 5.02 Å². The molecule has 0 bridgehead atoms. The Morgan fingerprint density at radius 1 is 1.09 bits per heavy atom. The van der Waals surface area contributed by atoms with Crippen molar-refractivity contribution in [2.45, 2.75) is 19.3 Å². The molecule has 11 heteroatoms. The largest absolute Gasteiger partial charge is 0.417 e. The predicted molar refractivity (Wildman–Crippen MR) is 116 cm³/mol. The van der Waals surface area contributed by atoms with E-state index in [-0.39, 0.29) is 18.6 Å². The van der Waals surface area contributed by atoms with Gasteiger partial charge >= 0.3 is 6.18 Å². The number of amides is 1. The van der Waals surface area contributed by atoms with Crippen molar-refractivity contribution in [2.75, 3.05) is 6.54 Å². The maximum atomic E-state index is 13.1. The van der Waals surface area contributed by atoms with Crippen LogP contribution in [0.5, 0.6) is 0 Å². The van der Waals surface area contributed by atoms with Crippen LogP contribution in [0, 0.1) is 0 Å². The third kappa shape index (κ3) is 4.90. The first kappa shape index (κ1) is 22.5. The Kier molecular flexibility index (Phi) is 6.19. The summed E-state index contributed by atoms with van der Waals surface area (Å²) in [5, 5.41) is 7.47. The first-order valence-electron chi connectivity index (χ1n) is 9.84. The van der Waals surface area contributed by atoms with Crippen molar-refractivity contribution >= 4 is 28.5 Å². The third-order valence-corrected chi connectivity index (χ3v) is 5.23. The topological polar surface area (TPSA) is 81.8 Å². The molecule has 0 aliphatic carbocycles. The molecule has 0 saturated carbocycles. The number of alkyl halides is 3. The summed E-state index contributed by atoms with van der Waals surface area (Å²) in [4.78, 5) is 29.4. The van der Waals surface area contributed by atoms with Gasteiger partial charge in [0.15, 0.2) is 5.65 Å². The first-order valence-corrected chi connectivity index (χ1v) is 10.2. The molecule has 2 aromatic heterocycles. The zero-order valence-electron chi connectivity index (χ0n) is 17.0. The van der Waals surface area contributed by atoms with Crippen molar-refractivity contribution < 1.29 is 18.0 Å². The van der Waals surface area contributed by atoms with Crippen LogP contribution in [0.3, 0.4) is 0 Å². The fourth-order valence-corrected chi connectivity index (χ4v) is 3.49. The van der Waals surface area contributed by atoms with E-state index in [4.69, 9.17) is 11.6 Å². The van der Waals surface area contributed by atoms with Crippen LogP contribution in [-0.4, -0.2) is 31.8 Å². The molecule has 2 aromatic carbocycles. The number of rotatable bonds is 6. The summed E-state index contributed by atoms with van der Waals surface area (Å²) in [6, 6.07) is 11.6. The molecule has 1 amide bonds. The lowest BCUT2D eigenvalue weighted by atomic mass is 10.1. The standard InChI is InChI=1S/C22H17ClF3N5O2/c23-15-7-5-14(6-8-15)12-30-13-28-19-17(21(30)33)11-29-31(19)10-9-27-20(32)16-3-1-2-4-18(16)22(24,25)26/h1-8,11,13H,9-10,12H2,(H,27,32). The average molecular weight is 476 g/mol. The number of nitrogens with zero attached hydrogens (tertiary/aromatic N) is 4. The minimum absolute atomic E-state index is 0.00263. The van der Waals surface area contributed by atoms with Gasteiger partial charge < -0.3 is 5.32 Å². The van der Waals surface area contributed by atoms with E-state index in [2.05, 4.69) is 15.4 Å². The molecule has 0 unspecified atom stereocenters. The van der Waals surface area contributed by atoms with E-state index < -0.39 is 23.2 Å². The summed E-state index contributed by atoms with van der Waals surface area (Å²) in [5.74, 6) is -0.849. The number of carbonyl (C=O) groups is 1. The number of benzene rings is 2. The highest BCUT2D eigenvalue weighted by Gasteiger charge is 2.34. The predicted octanol–water partition coefficient (Wildman–Crippen LogP) is 3.74. The van der Waals surface area contributed by atoms with E-state index in [1.807, 2.05) is 12.1 Å². The molecule has 170 valence electrons. The molecule has 0 saturated heterocycles. The van der Waals surface area contributed by atoms with Gasteiger partial charge in [0.2, 0.25) is 0 Å². The van der Waals surface area contributed by atoms with Gasteiger partial charge in [0.05, 0.1) is 30.4 Å². The maximum Gasteiger partial charge on any atom is 0.417 e. The van der Waals surface area contributed by atoms with E-state index in [0.29, 0.717) is 22.6 Å². The second-order valence-corrected chi connectivity index (χ2v) is 7.64. The van der Waals surface area contributed by atoms with E-state index >= 15 is 0 Å². The Bertz CT molecular complexity index is 1360. The van der Waals surface area contributed by atoms with Crippen molar-refractivity contribution in [3.05, 3.63) is 93.1 Å². The molecule has 0 spiro atoms. The van der Waals surface area contributed by atoms with E-state index in [9.17, 15) is 22.8 Å². The molecule has 0 aliphatic rings. The second kappa shape index (κ2) is 9.07. The van der Waals surface area contributed by atoms with Crippen LogP contribution >= 0.6 is 11.6 Å². The Morgan fingerprint density at radius 2 is 1.82 bits per heavy atom. The normalized spacial score (nSPS) is 11.6. The fourth-order valence-electron chi connectivity index (χ4n) is 3.36. The quantitative estimate of drug-likeness (QED) is 0.460. The molecule has 0 aliphatic heterocycles. The second-order valence-electron chi connectivity index (χ2n) is 7.21. The molecule has 4 rings (SSSR count). The average Bonchev–Trinajstić information content (AvgIpc) is 3.20. The molecular formula is C22H17ClF3N5O2. The minimum Gasteiger partial charge on any atom is -0.350 e. The zero-order chi connectivity index (χ0) is 23.6. The van der Waals surface area contributed by atoms with Gasteiger partial charge in [-0.15, -0.1) is 0 Å². The molecule has 2 heterocycles. The Morgan fingerprint density at radius 3 is 2.55 bits per heavy atom. The molecular weight excluding hydrogens is 459 g/mol. The molecule has 0 fully saturated rings. The smallest absolute Gasteiger partial charge is 0.350 e. The van der Waals surface area contributed by atoms with Crippen LogP contribution in [0.1, 0.15) is 21.5 Å². The summed E-state index contributed by atoms with van der Waals surface area (Å²) < 4.78 is 42.2. The van der Waals surface area contributed by atoms with Gasteiger partial charge in [0.1, 0.15) is 11.7 Å². The molecule has 0 radical (unpaired) electrons. The van der Waals surface area contributed by atoms with E-state index in [0.717, 1.165) is 17.7 Å². The van der Waals surface area contributed by atoms with Crippen LogP contribution in [0.4, 0.5) is 13.2 Å². The molecule has 7 nitrogen and oxygen atoms in total. The van der Waals surface area contributed by atoms with Crippen molar-refractivity contribution in [3.63, 3.8) is 0 Å². The number of hydrogen-bond acceptors (Lipinski definition) is 4. The number of hydrogen-bond donors (Lipinski definition) is 1. The van der Waals surface area contributed by atoms with Crippen LogP contribution < -0.4 is 10.9 Å². The maximum absolute atomic E-state index is 13.1. The van der Waals surface area contributed by atoms with Gasteiger partial charge in [0.25, 0.3) is 11.5 Å². The lowest BCUT2D eigenvalue weighted by molar-refractivity contribution is -0.137. The molecule has 4 aromatic rings. The summed E-state index contributed by atoms with van der Waals surface area (Å²) in [7, 11) is 0. The van der Waals surface area contributed by atoms with Crippen molar-refractivity contribution in [3.8, 4) is 0 Å². The number of aromatic nitrogens is 4. The van der Waals surface area contributed by atoms with Gasteiger partial charge in [-0.3, -0.25) is 14.2 Å². The van der Waals surface area contributed by atoms with Gasteiger partial charge in [-0.2, -0.15) is 18.3 Å². The van der Waals surface area contributed by atoms with Crippen molar-refractivity contribution in [1.29, 1.82) is 0 Å². The number of nitrogens with one attached hydrogen (secondary N) is 1. The molecule has 1 N–H and O–H groups in total. The molecule has 0 atom stereocenters. The Hall–Kier alpha value is -3.66. The monoisotopic (exact) mass is 475 g/mol. The number of halogens is 4. The Balaban J connectivity index is 1.46. The van der Waals surface area contributed by atoms with Gasteiger partial charge in [0, 0.05) is 11.6 Å². The lowest BCUT2D eigenvalue weighted by Crippen LogP contribution is -2.29. The number of fused-ring (bicyclic) bond motifs is 1. The highest BCUT2D eigenvalue weighted by Crippen LogP contribution is 2.31. The van der Waals surface area contributed by atoms with E-state index in [1.165, 1.54) is 33.9 Å².